The van der Waals surface area contributed by atoms with Gasteiger partial charge in [0.15, 0.2) is 18.1 Å². The Balaban J connectivity index is 1.95. The molecule has 6 nitrogen and oxygen atoms in total. The van der Waals surface area contributed by atoms with E-state index in [-0.39, 0.29) is 10.6 Å². The normalized spacial score (nSPS) is 10.1. The highest BCUT2D eigenvalue weighted by Crippen LogP contribution is 2.29. The molecule has 2 rings (SSSR count). The van der Waals surface area contributed by atoms with E-state index < -0.39 is 18.5 Å². The van der Waals surface area contributed by atoms with E-state index in [1.54, 1.807) is 18.2 Å². The van der Waals surface area contributed by atoms with E-state index in [1.807, 2.05) is 0 Å². The third kappa shape index (κ3) is 5.01. The molecule has 1 N–H and O–H groups in total. The fourth-order valence-corrected chi connectivity index (χ4v) is 2.46. The van der Waals surface area contributed by atoms with Crippen molar-refractivity contribution >= 4 is 40.8 Å². The molecule has 0 fully saturated rings. The second-order valence-electron chi connectivity index (χ2n) is 4.82. The van der Waals surface area contributed by atoms with Crippen molar-refractivity contribution in [1.82, 2.24) is 0 Å². The zero-order valence-corrected chi connectivity index (χ0v) is 15.0. The molecule has 0 radical (unpaired) electrons. The Morgan fingerprint density at radius 3 is 2.36 bits per heavy atom. The van der Waals surface area contributed by atoms with Gasteiger partial charge in [0.05, 0.1) is 24.8 Å². The van der Waals surface area contributed by atoms with Crippen LogP contribution < -0.4 is 14.8 Å². The van der Waals surface area contributed by atoms with Crippen LogP contribution in [-0.4, -0.2) is 32.7 Å². The van der Waals surface area contributed by atoms with Crippen molar-refractivity contribution in [3.63, 3.8) is 0 Å². The Morgan fingerprint density at radius 1 is 1.00 bits per heavy atom. The van der Waals surface area contributed by atoms with E-state index >= 15 is 0 Å². The fraction of sp³-hybridized carbons (Fsp3) is 0.176. The van der Waals surface area contributed by atoms with E-state index in [1.165, 1.54) is 32.4 Å². The summed E-state index contributed by atoms with van der Waals surface area (Å²) in [4.78, 5) is 23.9. The first-order valence-corrected chi connectivity index (χ1v) is 7.84. The molecule has 0 spiro atoms. The number of carbonyl (C=O) groups is 2. The van der Waals surface area contributed by atoms with Crippen LogP contribution in [0, 0.1) is 0 Å². The number of esters is 1. The van der Waals surface area contributed by atoms with Crippen molar-refractivity contribution in [3.05, 3.63) is 52.0 Å². The molecule has 0 saturated heterocycles. The quantitative estimate of drug-likeness (QED) is 0.767. The number of hydrogen-bond acceptors (Lipinski definition) is 5. The van der Waals surface area contributed by atoms with Gasteiger partial charge in [-0.3, -0.25) is 4.79 Å². The molecule has 0 heterocycles. The topological polar surface area (TPSA) is 73.9 Å². The molecule has 2 aromatic rings. The SMILES string of the molecule is COc1ccc(NC(=O)COC(=O)c2ccc(Cl)cc2Cl)cc1OC. The summed E-state index contributed by atoms with van der Waals surface area (Å²) >= 11 is 11.7. The van der Waals surface area contributed by atoms with Crippen molar-refractivity contribution in [2.24, 2.45) is 0 Å². The lowest BCUT2D eigenvalue weighted by molar-refractivity contribution is -0.119. The number of halogens is 2. The Hall–Kier alpha value is -2.44. The van der Waals surface area contributed by atoms with Crippen LogP contribution in [0.1, 0.15) is 10.4 Å². The molecule has 0 unspecified atom stereocenters. The third-order valence-corrected chi connectivity index (χ3v) is 3.70. The predicted octanol–water partition coefficient (Wildman–Crippen LogP) is 3.81. The largest absolute Gasteiger partial charge is 0.493 e. The highest BCUT2D eigenvalue weighted by Gasteiger charge is 2.14. The molecule has 0 aliphatic rings. The summed E-state index contributed by atoms with van der Waals surface area (Å²) in [7, 11) is 3.00. The molecule has 0 aliphatic heterocycles. The first kappa shape index (κ1) is 18.9. The van der Waals surface area contributed by atoms with E-state index in [0.717, 1.165) is 0 Å². The average molecular weight is 384 g/mol. The lowest BCUT2D eigenvalue weighted by atomic mass is 10.2. The summed E-state index contributed by atoms with van der Waals surface area (Å²) in [5.74, 6) is -0.232. The predicted molar refractivity (Wildman–Crippen MR) is 94.9 cm³/mol. The number of anilines is 1. The zero-order chi connectivity index (χ0) is 18.4. The second-order valence-corrected chi connectivity index (χ2v) is 5.66. The van der Waals surface area contributed by atoms with Crippen LogP contribution in [-0.2, 0) is 9.53 Å². The number of benzene rings is 2. The molecule has 8 heteroatoms. The van der Waals surface area contributed by atoms with Crippen molar-refractivity contribution < 1.29 is 23.8 Å². The van der Waals surface area contributed by atoms with Crippen LogP contribution in [0.4, 0.5) is 5.69 Å². The van der Waals surface area contributed by atoms with Gasteiger partial charge in [-0.15, -0.1) is 0 Å². The molecular weight excluding hydrogens is 369 g/mol. The first-order valence-electron chi connectivity index (χ1n) is 7.08. The molecule has 1 amide bonds. The van der Waals surface area contributed by atoms with Gasteiger partial charge in [0.2, 0.25) is 0 Å². The molecule has 0 saturated carbocycles. The molecule has 0 atom stereocenters. The maximum atomic E-state index is 12.0. The van der Waals surface area contributed by atoms with Crippen LogP contribution >= 0.6 is 23.2 Å². The van der Waals surface area contributed by atoms with E-state index in [0.29, 0.717) is 22.2 Å². The maximum absolute atomic E-state index is 12.0. The van der Waals surface area contributed by atoms with Crippen molar-refractivity contribution in [2.45, 2.75) is 0 Å². The number of ether oxygens (including phenoxy) is 3. The molecule has 2 aromatic carbocycles. The Labute approximate surface area is 154 Å². The van der Waals surface area contributed by atoms with Gasteiger partial charge in [0.1, 0.15) is 0 Å². The smallest absolute Gasteiger partial charge is 0.340 e. The van der Waals surface area contributed by atoms with Crippen LogP contribution in [0.2, 0.25) is 10.0 Å². The minimum atomic E-state index is -0.718. The van der Waals surface area contributed by atoms with E-state index in [4.69, 9.17) is 37.4 Å². The summed E-state index contributed by atoms with van der Waals surface area (Å²) in [6.07, 6.45) is 0. The zero-order valence-electron chi connectivity index (χ0n) is 13.5. The van der Waals surface area contributed by atoms with Crippen molar-refractivity contribution in [3.8, 4) is 11.5 Å². The van der Waals surface area contributed by atoms with Gasteiger partial charge in [-0.2, -0.15) is 0 Å². The highest BCUT2D eigenvalue weighted by molar-refractivity contribution is 6.36. The number of nitrogens with one attached hydrogen (secondary N) is 1. The number of methoxy groups -OCH3 is 2. The summed E-state index contributed by atoms with van der Waals surface area (Å²) < 4.78 is 15.2. The van der Waals surface area contributed by atoms with Gasteiger partial charge in [-0.1, -0.05) is 23.2 Å². The number of amides is 1. The molecule has 132 valence electrons. The third-order valence-electron chi connectivity index (χ3n) is 3.15. The van der Waals surface area contributed by atoms with Crippen LogP contribution in [0.5, 0.6) is 11.5 Å². The van der Waals surface area contributed by atoms with Crippen LogP contribution in [0.3, 0.4) is 0 Å². The Kier molecular flexibility index (Phi) is 6.50. The van der Waals surface area contributed by atoms with Gasteiger partial charge in [0, 0.05) is 16.8 Å². The van der Waals surface area contributed by atoms with Gasteiger partial charge in [-0.25, -0.2) is 4.79 Å². The summed E-state index contributed by atoms with van der Waals surface area (Å²) in [5.41, 5.74) is 0.605. The van der Waals surface area contributed by atoms with Gasteiger partial charge >= 0.3 is 5.97 Å². The van der Waals surface area contributed by atoms with Crippen LogP contribution in [0.25, 0.3) is 0 Å². The molecule has 25 heavy (non-hydrogen) atoms. The van der Waals surface area contributed by atoms with Crippen molar-refractivity contribution in [1.29, 1.82) is 0 Å². The Bertz CT molecular complexity index is 795. The van der Waals surface area contributed by atoms with Gasteiger partial charge in [-0.05, 0) is 30.3 Å². The fourth-order valence-electron chi connectivity index (χ4n) is 1.97. The highest BCUT2D eigenvalue weighted by atomic mass is 35.5. The monoisotopic (exact) mass is 383 g/mol. The molecule has 0 bridgehead atoms. The summed E-state index contributed by atoms with van der Waals surface area (Å²) in [5, 5.41) is 3.14. The van der Waals surface area contributed by atoms with E-state index in [9.17, 15) is 9.59 Å². The van der Waals surface area contributed by atoms with Crippen LogP contribution in [0.15, 0.2) is 36.4 Å². The maximum Gasteiger partial charge on any atom is 0.340 e. The average Bonchev–Trinajstić information content (AvgIpc) is 2.59. The molecular formula is C17H15Cl2NO5. The number of rotatable bonds is 6. The lowest BCUT2D eigenvalue weighted by Crippen LogP contribution is -2.21. The van der Waals surface area contributed by atoms with Gasteiger partial charge < -0.3 is 19.5 Å². The number of hydrogen-bond donors (Lipinski definition) is 1. The van der Waals surface area contributed by atoms with Crippen molar-refractivity contribution in [2.75, 3.05) is 26.1 Å². The lowest BCUT2D eigenvalue weighted by Gasteiger charge is -2.11. The van der Waals surface area contributed by atoms with Gasteiger partial charge in [0.25, 0.3) is 5.91 Å². The standard InChI is InChI=1S/C17H15Cl2NO5/c1-23-14-6-4-11(8-15(14)24-2)20-16(21)9-25-17(22)12-5-3-10(18)7-13(12)19/h3-8H,9H2,1-2H3,(H,20,21). The minimum Gasteiger partial charge on any atom is -0.493 e. The first-order chi connectivity index (χ1) is 11.9. The minimum absolute atomic E-state index is 0.130. The molecule has 0 aliphatic carbocycles. The number of carbonyl (C=O) groups excluding carboxylic acids is 2. The summed E-state index contributed by atoms with van der Waals surface area (Å²) in [6.45, 7) is -0.466. The summed E-state index contributed by atoms with van der Waals surface area (Å²) in [6, 6.07) is 9.23. The van der Waals surface area contributed by atoms with E-state index in [2.05, 4.69) is 5.32 Å². The second kappa shape index (κ2) is 8.60. The Morgan fingerprint density at radius 2 is 1.72 bits per heavy atom. The molecule has 0 aromatic heterocycles.